The summed E-state index contributed by atoms with van der Waals surface area (Å²) >= 11 is 3.39. The first-order valence-electron chi connectivity index (χ1n) is 6.30. The normalized spacial score (nSPS) is 10.5. The topological polar surface area (TPSA) is 72.8 Å². The summed E-state index contributed by atoms with van der Waals surface area (Å²) in [4.78, 5) is 15.7. The Morgan fingerprint density at radius 1 is 1.32 bits per heavy atom. The van der Waals surface area contributed by atoms with E-state index in [4.69, 9.17) is 9.47 Å². The van der Waals surface area contributed by atoms with Gasteiger partial charge in [-0.3, -0.25) is 9.78 Å². The van der Waals surface area contributed by atoms with E-state index in [1.54, 1.807) is 44.7 Å². The van der Waals surface area contributed by atoms with Gasteiger partial charge in [0.25, 0.3) is 5.91 Å². The van der Waals surface area contributed by atoms with Crippen LogP contribution in [0.3, 0.4) is 0 Å². The van der Waals surface area contributed by atoms with Crippen molar-refractivity contribution in [1.82, 2.24) is 10.4 Å². The van der Waals surface area contributed by atoms with Gasteiger partial charge in [-0.25, -0.2) is 5.43 Å². The average molecular weight is 364 g/mol. The highest BCUT2D eigenvalue weighted by Gasteiger charge is 2.08. The summed E-state index contributed by atoms with van der Waals surface area (Å²) < 4.78 is 11.2. The molecule has 6 nitrogen and oxygen atoms in total. The number of amides is 1. The molecule has 0 aliphatic rings. The SMILES string of the molecule is COc1cc(OC)c(/C=N\NC(=O)c2cccnc2)cc1Br. The molecule has 0 radical (unpaired) electrons. The van der Waals surface area contributed by atoms with Crippen molar-refractivity contribution < 1.29 is 14.3 Å². The van der Waals surface area contributed by atoms with E-state index in [9.17, 15) is 4.79 Å². The van der Waals surface area contributed by atoms with E-state index in [1.807, 2.05) is 0 Å². The molecule has 114 valence electrons. The molecule has 0 aliphatic heterocycles. The zero-order valence-corrected chi connectivity index (χ0v) is 13.6. The van der Waals surface area contributed by atoms with Crippen LogP contribution >= 0.6 is 15.9 Å². The van der Waals surface area contributed by atoms with Crippen molar-refractivity contribution in [2.75, 3.05) is 14.2 Å². The molecule has 1 amide bonds. The zero-order chi connectivity index (χ0) is 15.9. The van der Waals surface area contributed by atoms with Gasteiger partial charge in [-0.2, -0.15) is 5.10 Å². The molecule has 0 bridgehead atoms. The van der Waals surface area contributed by atoms with E-state index in [0.717, 1.165) is 4.47 Å². The van der Waals surface area contributed by atoms with Crippen LogP contribution < -0.4 is 14.9 Å². The third-order valence-corrected chi connectivity index (χ3v) is 3.42. The lowest BCUT2D eigenvalue weighted by atomic mass is 10.2. The molecule has 0 saturated heterocycles. The van der Waals surface area contributed by atoms with E-state index in [1.165, 1.54) is 12.4 Å². The van der Waals surface area contributed by atoms with Gasteiger partial charge in [-0.1, -0.05) is 0 Å². The monoisotopic (exact) mass is 363 g/mol. The highest BCUT2D eigenvalue weighted by Crippen LogP contribution is 2.31. The number of aromatic nitrogens is 1. The van der Waals surface area contributed by atoms with Crippen molar-refractivity contribution in [3.63, 3.8) is 0 Å². The molecule has 0 fully saturated rings. The van der Waals surface area contributed by atoms with E-state index < -0.39 is 0 Å². The third-order valence-electron chi connectivity index (χ3n) is 2.80. The number of hydrogen-bond acceptors (Lipinski definition) is 5. The van der Waals surface area contributed by atoms with Gasteiger partial charge in [0, 0.05) is 24.0 Å². The van der Waals surface area contributed by atoms with Crippen LogP contribution in [0.1, 0.15) is 15.9 Å². The summed E-state index contributed by atoms with van der Waals surface area (Å²) in [5, 5.41) is 3.93. The number of nitrogens with zero attached hydrogens (tertiary/aromatic N) is 2. The Hall–Kier alpha value is -2.41. The number of rotatable bonds is 5. The summed E-state index contributed by atoms with van der Waals surface area (Å²) in [6.45, 7) is 0. The van der Waals surface area contributed by atoms with Crippen LogP contribution in [-0.4, -0.2) is 31.3 Å². The molecule has 0 atom stereocenters. The third kappa shape index (κ3) is 3.82. The van der Waals surface area contributed by atoms with Crippen molar-refractivity contribution in [2.24, 2.45) is 5.10 Å². The maximum Gasteiger partial charge on any atom is 0.272 e. The number of hydrazone groups is 1. The standard InChI is InChI=1S/C15H14BrN3O3/c1-21-13-7-14(22-2)12(16)6-11(13)9-18-19-15(20)10-4-3-5-17-8-10/h3-9H,1-2H3,(H,19,20)/b18-9-. The van der Waals surface area contributed by atoms with Crippen molar-refractivity contribution in [3.8, 4) is 11.5 Å². The molecule has 0 unspecified atom stereocenters. The predicted molar refractivity (Wildman–Crippen MR) is 86.5 cm³/mol. The van der Waals surface area contributed by atoms with Crippen LogP contribution in [0.25, 0.3) is 0 Å². The Kier molecular flexibility index (Phi) is 5.48. The Labute approximate surface area is 136 Å². The Bertz CT molecular complexity index is 690. The highest BCUT2D eigenvalue weighted by atomic mass is 79.9. The first-order valence-corrected chi connectivity index (χ1v) is 7.10. The molecule has 0 spiro atoms. The molecule has 1 heterocycles. The van der Waals surface area contributed by atoms with Crippen LogP contribution in [0.2, 0.25) is 0 Å². The first-order chi connectivity index (χ1) is 10.7. The number of carbonyl (C=O) groups excluding carboxylic acids is 1. The van der Waals surface area contributed by atoms with Gasteiger partial charge in [0.2, 0.25) is 0 Å². The minimum Gasteiger partial charge on any atom is -0.496 e. The highest BCUT2D eigenvalue weighted by molar-refractivity contribution is 9.10. The van der Waals surface area contributed by atoms with E-state index in [-0.39, 0.29) is 5.91 Å². The molecule has 0 saturated carbocycles. The van der Waals surface area contributed by atoms with Gasteiger partial charge in [0.1, 0.15) is 11.5 Å². The molecule has 1 aromatic heterocycles. The minimum atomic E-state index is -0.337. The van der Waals surface area contributed by atoms with Gasteiger partial charge in [-0.05, 0) is 34.1 Å². The fourth-order valence-electron chi connectivity index (χ4n) is 1.71. The van der Waals surface area contributed by atoms with Crippen molar-refractivity contribution in [2.45, 2.75) is 0 Å². The predicted octanol–water partition coefficient (Wildman–Crippen LogP) is 2.63. The summed E-state index contributed by atoms with van der Waals surface area (Å²) in [5.74, 6) is 0.892. The van der Waals surface area contributed by atoms with Gasteiger partial charge in [0.15, 0.2) is 0 Å². The van der Waals surface area contributed by atoms with E-state index >= 15 is 0 Å². The Morgan fingerprint density at radius 3 is 2.73 bits per heavy atom. The number of carbonyl (C=O) groups is 1. The maximum atomic E-state index is 11.8. The second-order valence-electron chi connectivity index (χ2n) is 4.17. The van der Waals surface area contributed by atoms with Gasteiger partial charge in [-0.15, -0.1) is 0 Å². The fourth-order valence-corrected chi connectivity index (χ4v) is 2.23. The quantitative estimate of drug-likeness (QED) is 0.654. The van der Waals surface area contributed by atoms with Crippen LogP contribution in [0, 0.1) is 0 Å². The van der Waals surface area contributed by atoms with Crippen molar-refractivity contribution >= 4 is 28.1 Å². The molecule has 1 N–H and O–H groups in total. The second kappa shape index (κ2) is 7.56. The fraction of sp³-hybridized carbons (Fsp3) is 0.133. The number of ether oxygens (including phenoxy) is 2. The van der Waals surface area contributed by atoms with E-state index in [2.05, 4.69) is 31.4 Å². The number of methoxy groups -OCH3 is 2. The average Bonchev–Trinajstić information content (AvgIpc) is 2.55. The molecular formula is C15H14BrN3O3. The van der Waals surface area contributed by atoms with Crippen LogP contribution in [0.5, 0.6) is 11.5 Å². The lowest BCUT2D eigenvalue weighted by molar-refractivity contribution is 0.0955. The van der Waals surface area contributed by atoms with Crippen molar-refractivity contribution in [3.05, 3.63) is 52.3 Å². The molecule has 1 aromatic carbocycles. The largest absolute Gasteiger partial charge is 0.496 e. The second-order valence-corrected chi connectivity index (χ2v) is 5.02. The first kappa shape index (κ1) is 16.0. The summed E-state index contributed by atoms with van der Waals surface area (Å²) in [6, 6.07) is 6.86. The number of nitrogens with one attached hydrogen (secondary N) is 1. The minimum absolute atomic E-state index is 0.337. The molecule has 0 aliphatic carbocycles. The number of benzene rings is 1. The van der Waals surface area contributed by atoms with Crippen LogP contribution in [-0.2, 0) is 0 Å². The summed E-state index contributed by atoms with van der Waals surface area (Å²) in [6.07, 6.45) is 4.56. The molecular weight excluding hydrogens is 350 g/mol. The molecule has 22 heavy (non-hydrogen) atoms. The van der Waals surface area contributed by atoms with Gasteiger partial charge in [0.05, 0.1) is 30.5 Å². The van der Waals surface area contributed by atoms with Crippen LogP contribution in [0.15, 0.2) is 46.2 Å². The summed E-state index contributed by atoms with van der Waals surface area (Å²) in [5.41, 5.74) is 3.56. The summed E-state index contributed by atoms with van der Waals surface area (Å²) in [7, 11) is 3.12. The molecule has 2 aromatic rings. The van der Waals surface area contributed by atoms with Crippen molar-refractivity contribution in [1.29, 1.82) is 0 Å². The zero-order valence-electron chi connectivity index (χ0n) is 12.0. The lowest BCUT2D eigenvalue weighted by Gasteiger charge is -2.09. The number of hydrogen-bond donors (Lipinski definition) is 1. The molecule has 2 rings (SSSR count). The van der Waals surface area contributed by atoms with Crippen LogP contribution in [0.4, 0.5) is 0 Å². The smallest absolute Gasteiger partial charge is 0.272 e. The van der Waals surface area contributed by atoms with Gasteiger partial charge < -0.3 is 9.47 Å². The maximum absolute atomic E-state index is 11.8. The Morgan fingerprint density at radius 2 is 2.09 bits per heavy atom. The lowest BCUT2D eigenvalue weighted by Crippen LogP contribution is -2.17. The molecule has 7 heteroatoms. The van der Waals surface area contributed by atoms with Gasteiger partial charge >= 0.3 is 0 Å². The Balaban J connectivity index is 2.13. The number of halogens is 1. The number of pyridine rings is 1. The van der Waals surface area contributed by atoms with E-state index in [0.29, 0.717) is 22.6 Å².